The Morgan fingerprint density at radius 3 is 2.55 bits per heavy atom. The van der Waals surface area contributed by atoms with E-state index in [9.17, 15) is 4.79 Å². The van der Waals surface area contributed by atoms with Gasteiger partial charge in [-0.05, 0) is 37.5 Å². The Hall–Kier alpha value is -1.10. The first-order valence-electron chi connectivity index (χ1n) is 6.73. The van der Waals surface area contributed by atoms with Crippen molar-refractivity contribution in [2.75, 3.05) is 19.8 Å². The normalized spacial score (nSPS) is 18.2. The molecule has 0 bridgehead atoms. The van der Waals surface area contributed by atoms with Gasteiger partial charge in [-0.25, -0.2) is 0 Å². The van der Waals surface area contributed by atoms with Crippen molar-refractivity contribution in [1.82, 2.24) is 10.6 Å². The second kappa shape index (κ2) is 7.62. The maximum atomic E-state index is 12.0. The van der Waals surface area contributed by atoms with E-state index in [2.05, 4.69) is 43.5 Å². The number of halogens is 1. The lowest BCUT2D eigenvalue weighted by molar-refractivity contribution is -0.126. The van der Waals surface area contributed by atoms with E-state index in [0.29, 0.717) is 19.8 Å². The molecule has 1 amide bonds. The summed E-state index contributed by atoms with van der Waals surface area (Å²) in [7, 11) is 0. The summed E-state index contributed by atoms with van der Waals surface area (Å²) in [6, 6.07) is 4.08. The van der Waals surface area contributed by atoms with Crippen LogP contribution in [0.25, 0.3) is 0 Å². The summed E-state index contributed by atoms with van der Waals surface area (Å²) in [6.07, 6.45) is 0. The van der Waals surface area contributed by atoms with Crippen molar-refractivity contribution in [1.29, 1.82) is 0 Å². The second-order valence-electron chi connectivity index (χ2n) is 5.18. The van der Waals surface area contributed by atoms with E-state index in [4.69, 9.17) is 4.74 Å². The van der Waals surface area contributed by atoms with Crippen LogP contribution in [0.1, 0.15) is 22.3 Å². The third kappa shape index (κ3) is 4.20. The molecule has 112 valence electrons. The van der Waals surface area contributed by atoms with Crippen LogP contribution in [0.3, 0.4) is 0 Å². The molecule has 0 radical (unpaired) electrons. The van der Waals surface area contributed by atoms with Gasteiger partial charge in [0.15, 0.2) is 0 Å². The molecule has 1 fully saturated rings. The summed E-state index contributed by atoms with van der Waals surface area (Å²) in [5.74, 6) is 0.0130. The smallest absolute Gasteiger partial charge is 0.239 e. The van der Waals surface area contributed by atoms with E-state index >= 15 is 0 Å². The molecule has 2 rings (SSSR count). The first kappa shape index (κ1) is 17.0. The minimum atomic E-state index is -0.222. The highest BCUT2D eigenvalue weighted by molar-refractivity contribution is 5.85. The van der Waals surface area contributed by atoms with Crippen LogP contribution < -0.4 is 10.6 Å². The molecular weight excluding hydrogens is 276 g/mol. The number of carbonyl (C=O) groups excluding carboxylic acids is 1. The molecule has 20 heavy (non-hydrogen) atoms. The minimum absolute atomic E-state index is 0. The molecule has 1 atom stereocenters. The summed E-state index contributed by atoms with van der Waals surface area (Å²) >= 11 is 0. The zero-order valence-corrected chi connectivity index (χ0v) is 13.1. The van der Waals surface area contributed by atoms with Gasteiger partial charge < -0.3 is 15.4 Å². The van der Waals surface area contributed by atoms with E-state index < -0.39 is 0 Å². The minimum Gasteiger partial charge on any atom is -0.378 e. The lowest BCUT2D eigenvalue weighted by atomic mass is 10.00. The molecule has 0 aliphatic carbocycles. The summed E-state index contributed by atoms with van der Waals surface area (Å²) in [4.78, 5) is 12.0. The van der Waals surface area contributed by atoms with Gasteiger partial charge in [0.05, 0.1) is 13.2 Å². The molecule has 1 unspecified atom stereocenters. The number of rotatable bonds is 3. The van der Waals surface area contributed by atoms with Crippen LogP contribution in [0.2, 0.25) is 0 Å². The molecule has 1 saturated heterocycles. The first-order chi connectivity index (χ1) is 9.08. The maximum absolute atomic E-state index is 12.0. The van der Waals surface area contributed by atoms with E-state index in [0.717, 1.165) is 6.54 Å². The fourth-order valence-electron chi connectivity index (χ4n) is 2.52. The van der Waals surface area contributed by atoms with E-state index in [-0.39, 0.29) is 24.4 Å². The van der Waals surface area contributed by atoms with E-state index in [1.54, 1.807) is 0 Å². The van der Waals surface area contributed by atoms with Crippen LogP contribution in [0.15, 0.2) is 12.1 Å². The van der Waals surface area contributed by atoms with Crippen LogP contribution >= 0.6 is 12.4 Å². The number of nitrogens with one attached hydrogen (secondary N) is 2. The number of morpholine rings is 1. The number of hydrogen-bond acceptors (Lipinski definition) is 3. The van der Waals surface area contributed by atoms with Crippen molar-refractivity contribution in [3.63, 3.8) is 0 Å². The predicted molar refractivity (Wildman–Crippen MR) is 82.4 cm³/mol. The average Bonchev–Trinajstić information content (AvgIpc) is 2.38. The first-order valence-corrected chi connectivity index (χ1v) is 6.73. The molecule has 1 aromatic rings. The van der Waals surface area contributed by atoms with Gasteiger partial charge >= 0.3 is 0 Å². The summed E-state index contributed by atoms with van der Waals surface area (Å²) in [6.45, 7) is 8.71. The van der Waals surface area contributed by atoms with Gasteiger partial charge in [0.25, 0.3) is 0 Å². The van der Waals surface area contributed by atoms with Gasteiger partial charge in [-0.2, -0.15) is 0 Å². The Labute approximate surface area is 126 Å². The Kier molecular flexibility index (Phi) is 6.46. The van der Waals surface area contributed by atoms with Crippen LogP contribution in [0.5, 0.6) is 0 Å². The van der Waals surface area contributed by atoms with Gasteiger partial charge in [0, 0.05) is 13.1 Å². The lowest BCUT2D eigenvalue weighted by Crippen LogP contribution is -2.51. The van der Waals surface area contributed by atoms with Gasteiger partial charge in [0.2, 0.25) is 5.91 Å². The second-order valence-corrected chi connectivity index (χ2v) is 5.18. The Morgan fingerprint density at radius 2 is 2.00 bits per heavy atom. The lowest BCUT2D eigenvalue weighted by Gasteiger charge is -2.23. The number of hydrogen-bond donors (Lipinski definition) is 2. The van der Waals surface area contributed by atoms with Gasteiger partial charge in [-0.15, -0.1) is 12.4 Å². The molecule has 2 N–H and O–H groups in total. The Morgan fingerprint density at radius 1 is 1.35 bits per heavy atom. The summed E-state index contributed by atoms with van der Waals surface area (Å²) < 4.78 is 5.30. The molecule has 1 aliphatic heterocycles. The molecule has 5 heteroatoms. The monoisotopic (exact) mass is 298 g/mol. The molecular formula is C15H23ClN2O2. The molecule has 0 saturated carbocycles. The fraction of sp³-hybridized carbons (Fsp3) is 0.533. The standard InChI is InChI=1S/C15H22N2O2.ClH/c1-10-6-11(2)13(12(3)7-10)8-17-15(18)14-9-19-5-4-16-14;/h6-7,14,16H,4-5,8-9H2,1-3H3,(H,17,18);1H. The van der Waals surface area contributed by atoms with Gasteiger partial charge in [0.1, 0.15) is 6.04 Å². The summed E-state index contributed by atoms with van der Waals surface area (Å²) in [5.41, 5.74) is 4.92. The molecule has 1 heterocycles. The van der Waals surface area contributed by atoms with E-state index in [1.807, 2.05) is 0 Å². The zero-order chi connectivity index (χ0) is 13.8. The number of carbonyl (C=O) groups is 1. The van der Waals surface area contributed by atoms with Crippen molar-refractivity contribution in [3.05, 3.63) is 34.4 Å². The van der Waals surface area contributed by atoms with Crippen molar-refractivity contribution in [2.24, 2.45) is 0 Å². The third-order valence-electron chi connectivity index (χ3n) is 3.52. The third-order valence-corrected chi connectivity index (χ3v) is 3.52. The van der Waals surface area contributed by atoms with Crippen LogP contribution in [-0.2, 0) is 16.1 Å². The maximum Gasteiger partial charge on any atom is 0.239 e. The molecule has 0 aromatic heterocycles. The van der Waals surface area contributed by atoms with Crippen LogP contribution in [0.4, 0.5) is 0 Å². The van der Waals surface area contributed by atoms with Crippen LogP contribution in [0, 0.1) is 20.8 Å². The molecule has 1 aromatic carbocycles. The highest BCUT2D eigenvalue weighted by atomic mass is 35.5. The Bertz CT molecular complexity index is 448. The molecule has 0 spiro atoms. The number of aryl methyl sites for hydroxylation is 3. The number of benzene rings is 1. The van der Waals surface area contributed by atoms with Gasteiger partial charge in [-0.3, -0.25) is 4.79 Å². The number of amides is 1. The molecule has 1 aliphatic rings. The topological polar surface area (TPSA) is 50.4 Å². The fourth-order valence-corrected chi connectivity index (χ4v) is 2.52. The van der Waals surface area contributed by atoms with Crippen molar-refractivity contribution in [2.45, 2.75) is 33.4 Å². The summed E-state index contributed by atoms with van der Waals surface area (Å²) in [5, 5.41) is 6.14. The predicted octanol–water partition coefficient (Wildman–Crippen LogP) is 1.64. The number of ether oxygens (including phenoxy) is 1. The van der Waals surface area contributed by atoms with Crippen LogP contribution in [-0.4, -0.2) is 31.7 Å². The van der Waals surface area contributed by atoms with Crippen molar-refractivity contribution >= 4 is 18.3 Å². The molecule has 4 nitrogen and oxygen atoms in total. The van der Waals surface area contributed by atoms with Gasteiger partial charge in [-0.1, -0.05) is 17.7 Å². The quantitative estimate of drug-likeness (QED) is 0.892. The van der Waals surface area contributed by atoms with E-state index in [1.165, 1.54) is 22.3 Å². The highest BCUT2D eigenvalue weighted by Gasteiger charge is 2.20. The highest BCUT2D eigenvalue weighted by Crippen LogP contribution is 2.16. The zero-order valence-electron chi connectivity index (χ0n) is 12.3. The average molecular weight is 299 g/mol. The SMILES string of the molecule is Cc1cc(C)c(CNC(=O)C2COCCN2)c(C)c1.Cl. The largest absolute Gasteiger partial charge is 0.378 e. The van der Waals surface area contributed by atoms with Crippen molar-refractivity contribution in [3.8, 4) is 0 Å². The van der Waals surface area contributed by atoms with Crippen molar-refractivity contribution < 1.29 is 9.53 Å². The Balaban J connectivity index is 0.00000200.